The van der Waals surface area contributed by atoms with Gasteiger partial charge in [0.2, 0.25) is 0 Å². The second-order valence-corrected chi connectivity index (χ2v) is 7.34. The summed E-state index contributed by atoms with van der Waals surface area (Å²) in [6, 6.07) is 23.3. The van der Waals surface area contributed by atoms with Crippen LogP contribution < -0.4 is 10.5 Å². The Bertz CT molecular complexity index is 1430. The van der Waals surface area contributed by atoms with E-state index in [-0.39, 0.29) is 5.82 Å². The maximum Gasteiger partial charge on any atom is 0.416 e. The van der Waals surface area contributed by atoms with Crippen molar-refractivity contribution in [1.29, 1.82) is 0 Å². The molecule has 0 aliphatic rings. The van der Waals surface area contributed by atoms with E-state index in [1.807, 2.05) is 30.3 Å². The van der Waals surface area contributed by atoms with Crippen LogP contribution >= 0.6 is 0 Å². The molecule has 0 bridgehead atoms. The van der Waals surface area contributed by atoms with E-state index in [0.29, 0.717) is 39.3 Å². The maximum atomic E-state index is 13.3. The first-order chi connectivity index (χ1) is 15.9. The molecule has 0 saturated carbocycles. The van der Waals surface area contributed by atoms with E-state index in [4.69, 9.17) is 10.5 Å². The van der Waals surface area contributed by atoms with Crippen molar-refractivity contribution < 1.29 is 17.9 Å². The molecule has 8 heteroatoms. The van der Waals surface area contributed by atoms with Crippen molar-refractivity contribution in [2.24, 2.45) is 0 Å². The molecule has 0 spiro atoms. The fourth-order valence-corrected chi connectivity index (χ4v) is 3.61. The Balaban J connectivity index is 1.59. The van der Waals surface area contributed by atoms with Crippen LogP contribution in [0.4, 0.5) is 19.0 Å². The first-order valence-electron chi connectivity index (χ1n) is 10.0. The average Bonchev–Trinajstić information content (AvgIpc) is 3.16. The monoisotopic (exact) mass is 446 g/mol. The molecule has 5 nitrogen and oxygen atoms in total. The van der Waals surface area contributed by atoms with Gasteiger partial charge < -0.3 is 10.5 Å². The van der Waals surface area contributed by atoms with Gasteiger partial charge in [0.05, 0.1) is 16.9 Å². The summed E-state index contributed by atoms with van der Waals surface area (Å²) in [6.45, 7) is 0. The number of hydrogen-bond donors (Lipinski definition) is 1. The third-order valence-electron chi connectivity index (χ3n) is 5.14. The van der Waals surface area contributed by atoms with Gasteiger partial charge in [-0.05, 0) is 54.6 Å². The number of anilines is 1. The van der Waals surface area contributed by atoms with E-state index in [9.17, 15) is 13.2 Å². The van der Waals surface area contributed by atoms with Crippen LogP contribution in [0.5, 0.6) is 11.5 Å². The molecule has 0 saturated heterocycles. The topological polar surface area (TPSA) is 66.0 Å². The van der Waals surface area contributed by atoms with Gasteiger partial charge in [-0.3, -0.25) is 4.98 Å². The van der Waals surface area contributed by atoms with E-state index in [2.05, 4.69) is 10.1 Å². The van der Waals surface area contributed by atoms with Gasteiger partial charge in [-0.2, -0.15) is 13.2 Å². The summed E-state index contributed by atoms with van der Waals surface area (Å²) in [4.78, 5) is 4.36. The number of rotatable bonds is 4. The fraction of sp³-hybridized carbons (Fsp3) is 0.0400. The predicted octanol–water partition coefficient (Wildman–Crippen LogP) is 6.48. The lowest BCUT2D eigenvalue weighted by molar-refractivity contribution is -0.137. The van der Waals surface area contributed by atoms with E-state index in [1.165, 1.54) is 12.3 Å². The summed E-state index contributed by atoms with van der Waals surface area (Å²) in [5.41, 5.74) is 7.24. The largest absolute Gasteiger partial charge is 0.457 e. The van der Waals surface area contributed by atoms with Gasteiger partial charge in [-0.15, -0.1) is 5.10 Å². The summed E-state index contributed by atoms with van der Waals surface area (Å²) < 4.78 is 47.2. The van der Waals surface area contributed by atoms with Crippen molar-refractivity contribution in [2.45, 2.75) is 6.18 Å². The zero-order valence-corrected chi connectivity index (χ0v) is 17.1. The lowest BCUT2D eigenvalue weighted by Crippen LogP contribution is -2.05. The summed E-state index contributed by atoms with van der Waals surface area (Å²) in [6.07, 6.45) is -2.95. The first-order valence-corrected chi connectivity index (χ1v) is 10.0. The van der Waals surface area contributed by atoms with Crippen LogP contribution in [0.25, 0.3) is 27.8 Å². The number of nitrogens with zero attached hydrogens (tertiary/aromatic N) is 3. The van der Waals surface area contributed by atoms with E-state index in [0.717, 1.165) is 12.1 Å². The van der Waals surface area contributed by atoms with E-state index >= 15 is 0 Å². The van der Waals surface area contributed by atoms with Crippen LogP contribution in [0.2, 0.25) is 0 Å². The number of fused-ring (bicyclic) bond motifs is 1. The number of pyridine rings is 1. The minimum absolute atomic E-state index is 0.255. The van der Waals surface area contributed by atoms with Crippen molar-refractivity contribution in [3.63, 3.8) is 0 Å². The van der Waals surface area contributed by atoms with Crippen LogP contribution in [0.15, 0.2) is 91.1 Å². The molecule has 2 heterocycles. The minimum Gasteiger partial charge on any atom is -0.457 e. The summed E-state index contributed by atoms with van der Waals surface area (Å²) in [5, 5.41) is 5.02. The number of para-hydroxylation sites is 1. The summed E-state index contributed by atoms with van der Waals surface area (Å²) in [5.74, 6) is 1.59. The molecule has 5 rings (SSSR count). The lowest BCUT2D eigenvalue weighted by Gasteiger charge is -2.11. The van der Waals surface area contributed by atoms with Gasteiger partial charge in [-0.1, -0.05) is 30.3 Å². The third-order valence-corrected chi connectivity index (χ3v) is 5.14. The number of alkyl halides is 3. The van der Waals surface area contributed by atoms with Gasteiger partial charge in [0.15, 0.2) is 5.82 Å². The van der Waals surface area contributed by atoms with Gasteiger partial charge in [-0.25, -0.2) is 4.68 Å². The number of ether oxygens (including phenoxy) is 1. The highest BCUT2D eigenvalue weighted by Crippen LogP contribution is 2.35. The molecule has 0 fully saturated rings. The summed E-state index contributed by atoms with van der Waals surface area (Å²) in [7, 11) is 0. The number of benzene rings is 3. The number of nitrogens with two attached hydrogens (primary N) is 1. The van der Waals surface area contributed by atoms with Gasteiger partial charge in [0.25, 0.3) is 0 Å². The van der Waals surface area contributed by atoms with Crippen LogP contribution in [0.1, 0.15) is 5.56 Å². The molecule has 164 valence electrons. The quantitative estimate of drug-likeness (QED) is 0.343. The van der Waals surface area contributed by atoms with Crippen molar-refractivity contribution in [3.05, 3.63) is 96.7 Å². The van der Waals surface area contributed by atoms with Gasteiger partial charge in [0.1, 0.15) is 17.0 Å². The van der Waals surface area contributed by atoms with Crippen LogP contribution in [0, 0.1) is 0 Å². The fourth-order valence-electron chi connectivity index (χ4n) is 3.61. The highest BCUT2D eigenvalue weighted by Gasteiger charge is 2.31. The van der Waals surface area contributed by atoms with Crippen molar-refractivity contribution in [2.75, 3.05) is 5.73 Å². The molecule has 0 atom stereocenters. The Morgan fingerprint density at radius 2 is 1.55 bits per heavy atom. The number of nitrogen functional groups attached to an aromatic ring is 1. The Morgan fingerprint density at radius 3 is 2.27 bits per heavy atom. The first kappa shape index (κ1) is 20.6. The molecule has 0 radical (unpaired) electrons. The van der Waals surface area contributed by atoms with Gasteiger partial charge >= 0.3 is 6.18 Å². The molecule has 33 heavy (non-hydrogen) atoms. The lowest BCUT2D eigenvalue weighted by atomic mass is 10.1. The predicted molar refractivity (Wildman–Crippen MR) is 120 cm³/mol. The zero-order chi connectivity index (χ0) is 23.0. The Hall–Kier alpha value is -4.33. The Morgan fingerprint density at radius 1 is 0.818 bits per heavy atom. The standard InChI is InChI=1S/C25H17F3N4O/c26-25(27,28)17-6-4-5-16(15-17)22-23-21(13-14-30-22)24(29)31-32(23)18-9-11-20(12-10-18)33-19-7-2-1-3-8-19/h1-15H,(H2,29,31). The van der Waals surface area contributed by atoms with E-state index < -0.39 is 11.7 Å². The highest BCUT2D eigenvalue weighted by molar-refractivity contribution is 5.98. The Kier molecular flexibility index (Phi) is 4.97. The molecule has 0 aliphatic carbocycles. The second kappa shape index (κ2) is 7.98. The van der Waals surface area contributed by atoms with Gasteiger partial charge in [0, 0.05) is 17.1 Å². The molecular weight excluding hydrogens is 429 g/mol. The molecule has 2 aromatic heterocycles. The normalized spacial score (nSPS) is 11.6. The second-order valence-electron chi connectivity index (χ2n) is 7.34. The third kappa shape index (κ3) is 3.98. The SMILES string of the molecule is Nc1nn(-c2ccc(Oc3ccccc3)cc2)c2c(-c3cccc(C(F)(F)F)c3)nccc12. The molecule has 0 amide bonds. The smallest absolute Gasteiger partial charge is 0.416 e. The van der Waals surface area contributed by atoms with Crippen molar-refractivity contribution >= 4 is 16.7 Å². The minimum atomic E-state index is -4.46. The van der Waals surface area contributed by atoms with Crippen LogP contribution in [-0.2, 0) is 6.18 Å². The molecular formula is C25H17F3N4O. The Labute approximate surface area is 186 Å². The maximum absolute atomic E-state index is 13.3. The highest BCUT2D eigenvalue weighted by atomic mass is 19.4. The molecule has 3 aromatic carbocycles. The molecule has 0 aliphatic heterocycles. The van der Waals surface area contributed by atoms with Crippen molar-refractivity contribution in [1.82, 2.24) is 14.8 Å². The zero-order valence-electron chi connectivity index (χ0n) is 17.1. The van der Waals surface area contributed by atoms with Crippen LogP contribution in [-0.4, -0.2) is 14.8 Å². The molecule has 5 aromatic rings. The number of halogens is 3. The average molecular weight is 446 g/mol. The van der Waals surface area contributed by atoms with E-state index in [1.54, 1.807) is 41.1 Å². The number of hydrogen-bond acceptors (Lipinski definition) is 4. The summed E-state index contributed by atoms with van der Waals surface area (Å²) >= 11 is 0. The van der Waals surface area contributed by atoms with Crippen LogP contribution in [0.3, 0.4) is 0 Å². The molecule has 2 N–H and O–H groups in total. The van der Waals surface area contributed by atoms with Crippen molar-refractivity contribution in [3.8, 4) is 28.4 Å². The molecule has 0 unspecified atom stereocenters. The number of aromatic nitrogens is 3.